The number of aryl methyl sites for hydroxylation is 1. The molecule has 0 unspecified atom stereocenters. The molecule has 0 bridgehead atoms. The van der Waals surface area contributed by atoms with Crippen LogP contribution in [0.5, 0.6) is 0 Å². The third-order valence-electron chi connectivity index (χ3n) is 3.81. The maximum absolute atomic E-state index is 3.52. The van der Waals surface area contributed by atoms with Gasteiger partial charge in [-0.15, -0.1) is 11.3 Å². The lowest BCUT2D eigenvalue weighted by Gasteiger charge is -2.07. The van der Waals surface area contributed by atoms with E-state index in [1.807, 2.05) is 11.3 Å². The fourth-order valence-electron chi connectivity index (χ4n) is 2.74. The lowest BCUT2D eigenvalue weighted by Crippen LogP contribution is -2.21. The fraction of sp³-hybridized carbons (Fsp3) is 0.368. The molecule has 0 amide bonds. The molecule has 21 heavy (non-hydrogen) atoms. The summed E-state index contributed by atoms with van der Waals surface area (Å²) in [5.74, 6) is 0.735. The van der Waals surface area contributed by atoms with Crippen LogP contribution in [-0.2, 0) is 6.42 Å². The van der Waals surface area contributed by atoms with Crippen LogP contribution in [0.25, 0.3) is 20.2 Å². The molecular weight excluding hydrogens is 274 g/mol. The summed E-state index contributed by atoms with van der Waals surface area (Å²) >= 11 is 1.89. The van der Waals surface area contributed by atoms with Crippen molar-refractivity contribution in [2.24, 2.45) is 5.92 Å². The highest BCUT2D eigenvalue weighted by Crippen LogP contribution is 2.34. The van der Waals surface area contributed by atoms with E-state index in [0.717, 1.165) is 25.4 Å². The number of nitrogens with one attached hydrogen (secondary N) is 1. The smallest absolute Gasteiger partial charge is 0.0355 e. The number of benzene rings is 2. The number of thiophene rings is 1. The van der Waals surface area contributed by atoms with Crippen LogP contribution in [0, 0.1) is 5.92 Å². The zero-order valence-corrected chi connectivity index (χ0v) is 13.7. The first-order valence-electron chi connectivity index (χ1n) is 7.85. The molecule has 0 saturated heterocycles. The van der Waals surface area contributed by atoms with Crippen molar-refractivity contribution < 1.29 is 0 Å². The Hall–Kier alpha value is -1.38. The second kappa shape index (κ2) is 6.59. The SMILES string of the molecule is CC(C)CNCCCc1ccc2sc3ccccc3c2c1. The second-order valence-corrected chi connectivity index (χ2v) is 7.21. The van der Waals surface area contributed by atoms with Crippen LogP contribution in [0.3, 0.4) is 0 Å². The highest BCUT2D eigenvalue weighted by molar-refractivity contribution is 7.25. The maximum atomic E-state index is 3.52. The van der Waals surface area contributed by atoms with Gasteiger partial charge in [0.2, 0.25) is 0 Å². The number of fused-ring (bicyclic) bond motifs is 3. The van der Waals surface area contributed by atoms with Gasteiger partial charge < -0.3 is 5.32 Å². The summed E-state index contributed by atoms with van der Waals surface area (Å²) in [7, 11) is 0. The van der Waals surface area contributed by atoms with Crippen LogP contribution in [-0.4, -0.2) is 13.1 Å². The molecule has 0 aliphatic rings. The Kier molecular flexibility index (Phi) is 4.57. The molecule has 0 saturated carbocycles. The van der Waals surface area contributed by atoms with E-state index in [2.05, 4.69) is 61.6 Å². The van der Waals surface area contributed by atoms with Crippen molar-refractivity contribution in [3.05, 3.63) is 48.0 Å². The molecule has 3 aromatic rings. The van der Waals surface area contributed by atoms with Gasteiger partial charge in [-0.3, -0.25) is 0 Å². The minimum Gasteiger partial charge on any atom is -0.316 e. The molecule has 0 spiro atoms. The molecule has 1 nitrogen and oxygen atoms in total. The third kappa shape index (κ3) is 3.45. The normalized spacial score (nSPS) is 11.8. The van der Waals surface area contributed by atoms with Gasteiger partial charge in [-0.25, -0.2) is 0 Å². The number of hydrogen-bond acceptors (Lipinski definition) is 2. The van der Waals surface area contributed by atoms with Gasteiger partial charge in [-0.2, -0.15) is 0 Å². The standard InChI is InChI=1S/C19H23NS/c1-14(2)13-20-11-5-6-15-9-10-19-17(12-15)16-7-3-4-8-18(16)21-19/h3-4,7-10,12,14,20H,5-6,11,13H2,1-2H3. The van der Waals surface area contributed by atoms with Crippen molar-refractivity contribution in [2.75, 3.05) is 13.1 Å². The minimum absolute atomic E-state index is 0.735. The summed E-state index contributed by atoms with van der Waals surface area (Å²) in [4.78, 5) is 0. The van der Waals surface area contributed by atoms with Crippen LogP contribution in [0.4, 0.5) is 0 Å². The zero-order chi connectivity index (χ0) is 14.7. The molecule has 2 aromatic carbocycles. The van der Waals surface area contributed by atoms with Crippen molar-refractivity contribution in [1.82, 2.24) is 5.32 Å². The Morgan fingerprint density at radius 2 is 1.81 bits per heavy atom. The van der Waals surface area contributed by atoms with Gasteiger partial charge in [0.1, 0.15) is 0 Å². The Morgan fingerprint density at radius 3 is 2.67 bits per heavy atom. The lowest BCUT2D eigenvalue weighted by atomic mass is 10.1. The number of hydrogen-bond donors (Lipinski definition) is 1. The van der Waals surface area contributed by atoms with Gasteiger partial charge >= 0.3 is 0 Å². The van der Waals surface area contributed by atoms with E-state index >= 15 is 0 Å². The topological polar surface area (TPSA) is 12.0 Å². The van der Waals surface area contributed by atoms with E-state index in [4.69, 9.17) is 0 Å². The van der Waals surface area contributed by atoms with E-state index < -0.39 is 0 Å². The largest absolute Gasteiger partial charge is 0.316 e. The van der Waals surface area contributed by atoms with E-state index in [9.17, 15) is 0 Å². The van der Waals surface area contributed by atoms with E-state index in [1.54, 1.807) is 0 Å². The highest BCUT2D eigenvalue weighted by atomic mass is 32.1. The molecule has 1 N–H and O–H groups in total. The monoisotopic (exact) mass is 297 g/mol. The summed E-state index contributed by atoms with van der Waals surface area (Å²) in [6, 6.07) is 15.7. The summed E-state index contributed by atoms with van der Waals surface area (Å²) in [6.07, 6.45) is 2.37. The van der Waals surface area contributed by atoms with Crippen molar-refractivity contribution in [3.63, 3.8) is 0 Å². The molecule has 0 aliphatic carbocycles. The average molecular weight is 297 g/mol. The maximum Gasteiger partial charge on any atom is 0.0355 e. The first-order chi connectivity index (χ1) is 10.2. The van der Waals surface area contributed by atoms with Crippen LogP contribution in [0.1, 0.15) is 25.8 Å². The van der Waals surface area contributed by atoms with Gasteiger partial charge in [0.05, 0.1) is 0 Å². The predicted octanol–water partition coefficient (Wildman–Crippen LogP) is 5.23. The molecule has 110 valence electrons. The molecule has 3 rings (SSSR count). The van der Waals surface area contributed by atoms with Crippen molar-refractivity contribution in [2.45, 2.75) is 26.7 Å². The van der Waals surface area contributed by atoms with Gasteiger partial charge in [0.15, 0.2) is 0 Å². The minimum atomic E-state index is 0.735. The van der Waals surface area contributed by atoms with E-state index in [0.29, 0.717) is 0 Å². The van der Waals surface area contributed by atoms with Crippen molar-refractivity contribution >= 4 is 31.5 Å². The Bertz CT molecular complexity index is 727. The summed E-state index contributed by atoms with van der Waals surface area (Å²) < 4.78 is 2.79. The van der Waals surface area contributed by atoms with Crippen LogP contribution >= 0.6 is 11.3 Å². The Labute approximate surface area is 131 Å². The predicted molar refractivity (Wildman–Crippen MR) is 95.4 cm³/mol. The van der Waals surface area contributed by atoms with E-state index in [-0.39, 0.29) is 0 Å². The van der Waals surface area contributed by atoms with Gasteiger partial charge in [-0.1, -0.05) is 38.1 Å². The van der Waals surface area contributed by atoms with Crippen LogP contribution in [0.2, 0.25) is 0 Å². The average Bonchev–Trinajstić information content (AvgIpc) is 2.84. The van der Waals surface area contributed by atoms with Gasteiger partial charge in [0, 0.05) is 20.2 Å². The molecule has 0 fully saturated rings. The second-order valence-electron chi connectivity index (χ2n) is 6.13. The summed E-state index contributed by atoms with van der Waals surface area (Å²) in [5, 5.41) is 6.34. The van der Waals surface area contributed by atoms with Crippen LogP contribution < -0.4 is 5.32 Å². The van der Waals surface area contributed by atoms with Crippen LogP contribution in [0.15, 0.2) is 42.5 Å². The molecule has 0 aliphatic heterocycles. The van der Waals surface area contributed by atoms with Crippen molar-refractivity contribution in [1.29, 1.82) is 0 Å². The number of rotatable bonds is 6. The van der Waals surface area contributed by atoms with Crippen molar-refractivity contribution in [3.8, 4) is 0 Å². The quantitative estimate of drug-likeness (QED) is 0.614. The Morgan fingerprint density at radius 1 is 1.00 bits per heavy atom. The molecular formula is C19H23NS. The summed E-state index contributed by atoms with van der Waals surface area (Å²) in [6.45, 7) is 6.74. The zero-order valence-electron chi connectivity index (χ0n) is 12.9. The fourth-order valence-corrected chi connectivity index (χ4v) is 3.82. The molecule has 1 heterocycles. The third-order valence-corrected chi connectivity index (χ3v) is 4.96. The molecule has 0 radical (unpaired) electrons. The first kappa shape index (κ1) is 14.6. The highest BCUT2D eigenvalue weighted by Gasteiger charge is 2.05. The lowest BCUT2D eigenvalue weighted by molar-refractivity contribution is 0.543. The first-order valence-corrected chi connectivity index (χ1v) is 8.66. The molecule has 0 atom stereocenters. The van der Waals surface area contributed by atoms with Gasteiger partial charge in [0.25, 0.3) is 0 Å². The van der Waals surface area contributed by atoms with E-state index in [1.165, 1.54) is 32.2 Å². The summed E-state index contributed by atoms with van der Waals surface area (Å²) in [5.41, 5.74) is 1.46. The van der Waals surface area contributed by atoms with Gasteiger partial charge in [-0.05, 0) is 55.6 Å². The molecule has 2 heteroatoms. The molecule has 1 aromatic heterocycles. The Balaban J connectivity index is 1.70.